The van der Waals surface area contributed by atoms with Crippen LogP contribution in [0.4, 0.5) is 13.2 Å². The summed E-state index contributed by atoms with van der Waals surface area (Å²) in [7, 11) is 1.00. The van der Waals surface area contributed by atoms with Gasteiger partial charge < -0.3 is 15.6 Å². The molecule has 28 heavy (non-hydrogen) atoms. The van der Waals surface area contributed by atoms with E-state index in [1.54, 1.807) is 18.2 Å². The molecule has 1 heterocycles. The number of halogens is 3. The number of ether oxygens (including phenoxy) is 1. The SMILES string of the molecule is C=N/C(=C\C1=C(Cc2ccc(F)cc2)OCC1(C)C)C(CN)C(C)(F)F.CO. The van der Waals surface area contributed by atoms with E-state index in [2.05, 4.69) is 11.7 Å². The molecule has 1 unspecified atom stereocenters. The third kappa shape index (κ3) is 5.94. The number of alkyl halides is 2. The minimum Gasteiger partial charge on any atom is -0.496 e. The van der Waals surface area contributed by atoms with Gasteiger partial charge in [0, 0.05) is 38.0 Å². The first kappa shape index (κ1) is 23.9. The van der Waals surface area contributed by atoms with Gasteiger partial charge in [-0.05, 0) is 30.5 Å². The maximum Gasteiger partial charge on any atom is 0.254 e. The van der Waals surface area contributed by atoms with Crippen molar-refractivity contribution >= 4 is 6.72 Å². The van der Waals surface area contributed by atoms with Gasteiger partial charge in [0.25, 0.3) is 5.92 Å². The molecule has 0 spiro atoms. The van der Waals surface area contributed by atoms with Crippen LogP contribution in [0.5, 0.6) is 0 Å². The summed E-state index contributed by atoms with van der Waals surface area (Å²) in [6.07, 6.45) is 2.06. The molecule has 1 aliphatic rings. The Labute approximate surface area is 164 Å². The highest BCUT2D eigenvalue weighted by atomic mass is 19.3. The Morgan fingerprint density at radius 1 is 1.36 bits per heavy atom. The Morgan fingerprint density at radius 2 is 1.93 bits per heavy atom. The van der Waals surface area contributed by atoms with E-state index >= 15 is 0 Å². The zero-order valence-corrected chi connectivity index (χ0v) is 16.8. The van der Waals surface area contributed by atoms with Crippen LogP contribution >= 0.6 is 0 Å². The molecule has 1 atom stereocenters. The van der Waals surface area contributed by atoms with Crippen LogP contribution in [0.25, 0.3) is 0 Å². The zero-order valence-electron chi connectivity index (χ0n) is 16.8. The van der Waals surface area contributed by atoms with E-state index in [1.807, 2.05) is 13.8 Å². The number of nitrogens with zero attached hydrogens (tertiary/aromatic N) is 1. The molecule has 0 aromatic heterocycles. The van der Waals surface area contributed by atoms with Crippen molar-refractivity contribution in [3.8, 4) is 0 Å². The summed E-state index contributed by atoms with van der Waals surface area (Å²) >= 11 is 0. The third-order valence-corrected chi connectivity index (χ3v) is 4.59. The Balaban J connectivity index is 0.00000190. The van der Waals surface area contributed by atoms with Crippen LogP contribution in [0.3, 0.4) is 0 Å². The minimum atomic E-state index is -3.01. The molecule has 7 heteroatoms. The number of allylic oxidation sites excluding steroid dienone is 2. The summed E-state index contributed by atoms with van der Waals surface area (Å²) in [4.78, 5) is 3.82. The van der Waals surface area contributed by atoms with Gasteiger partial charge in [-0.2, -0.15) is 0 Å². The Morgan fingerprint density at radius 3 is 2.39 bits per heavy atom. The van der Waals surface area contributed by atoms with E-state index in [4.69, 9.17) is 15.6 Å². The van der Waals surface area contributed by atoms with E-state index in [9.17, 15) is 13.2 Å². The lowest BCUT2D eigenvalue weighted by molar-refractivity contribution is -0.0220. The van der Waals surface area contributed by atoms with Crippen molar-refractivity contribution < 1.29 is 23.0 Å². The molecule has 0 saturated carbocycles. The molecule has 1 aromatic carbocycles. The van der Waals surface area contributed by atoms with Gasteiger partial charge in [-0.15, -0.1) is 0 Å². The molecule has 3 N–H and O–H groups in total. The molecule has 0 aliphatic carbocycles. The number of hydrogen-bond donors (Lipinski definition) is 2. The highest BCUT2D eigenvalue weighted by molar-refractivity contribution is 5.40. The van der Waals surface area contributed by atoms with E-state index in [-0.39, 0.29) is 23.5 Å². The molecule has 0 bridgehead atoms. The van der Waals surface area contributed by atoms with Crippen LogP contribution in [0.2, 0.25) is 0 Å². The molecule has 1 aromatic rings. The lowest BCUT2D eigenvalue weighted by Crippen LogP contribution is -2.32. The second-order valence-electron chi connectivity index (χ2n) is 7.28. The van der Waals surface area contributed by atoms with Crippen molar-refractivity contribution in [3.63, 3.8) is 0 Å². The molecule has 0 amide bonds. The molecule has 4 nitrogen and oxygen atoms in total. The minimum absolute atomic E-state index is 0.144. The summed E-state index contributed by atoms with van der Waals surface area (Å²) in [5.41, 5.74) is 6.99. The second-order valence-corrected chi connectivity index (χ2v) is 7.28. The summed E-state index contributed by atoms with van der Waals surface area (Å²) in [5.74, 6) is -3.89. The van der Waals surface area contributed by atoms with Crippen molar-refractivity contribution in [2.24, 2.45) is 22.1 Å². The fourth-order valence-electron chi connectivity index (χ4n) is 3.00. The van der Waals surface area contributed by atoms with Crippen molar-refractivity contribution in [1.29, 1.82) is 0 Å². The van der Waals surface area contributed by atoms with Crippen molar-refractivity contribution in [3.05, 3.63) is 58.8 Å². The molecule has 0 fully saturated rings. The maximum atomic E-state index is 13.9. The van der Waals surface area contributed by atoms with E-state index < -0.39 is 11.8 Å². The van der Waals surface area contributed by atoms with Gasteiger partial charge in [0.1, 0.15) is 11.6 Å². The van der Waals surface area contributed by atoms with Crippen molar-refractivity contribution in [1.82, 2.24) is 0 Å². The van der Waals surface area contributed by atoms with E-state index in [1.165, 1.54) is 12.1 Å². The van der Waals surface area contributed by atoms with Crippen LogP contribution in [0.1, 0.15) is 26.3 Å². The quantitative estimate of drug-likeness (QED) is 0.680. The number of benzene rings is 1. The predicted octanol–water partition coefficient (Wildman–Crippen LogP) is 4.10. The standard InChI is InChI=1S/C20H25F3N2O.CH4O/c1-19(2)12-26-18(9-13-5-7-14(21)8-6-13)15(19)10-17(25-4)16(11-24)20(3,22)23;1-2/h5-8,10,16H,4,9,11-12,24H2,1-3H3;2H,1H3/b17-10-;. The monoisotopic (exact) mass is 398 g/mol. The number of rotatable bonds is 7. The molecule has 2 rings (SSSR count). The predicted molar refractivity (Wildman–Crippen MR) is 106 cm³/mol. The highest BCUT2D eigenvalue weighted by Crippen LogP contribution is 2.41. The Hall–Kier alpha value is -2.12. The second kappa shape index (κ2) is 9.89. The van der Waals surface area contributed by atoms with Gasteiger partial charge in [0.05, 0.1) is 18.2 Å². The normalized spacial score (nSPS) is 17.5. The lowest BCUT2D eigenvalue weighted by atomic mass is 9.83. The topological polar surface area (TPSA) is 67.8 Å². The molecular weight excluding hydrogens is 369 g/mol. The van der Waals surface area contributed by atoms with E-state index in [0.717, 1.165) is 25.2 Å². The molecule has 0 radical (unpaired) electrons. The molecule has 1 aliphatic heterocycles. The lowest BCUT2D eigenvalue weighted by Gasteiger charge is -2.24. The number of hydrogen-bond acceptors (Lipinski definition) is 4. The van der Waals surface area contributed by atoms with Crippen LogP contribution in [0.15, 0.2) is 52.4 Å². The summed E-state index contributed by atoms with van der Waals surface area (Å²) in [6, 6.07) is 6.11. The molecule has 0 saturated heterocycles. The summed E-state index contributed by atoms with van der Waals surface area (Å²) < 4.78 is 46.7. The van der Waals surface area contributed by atoms with Gasteiger partial charge in [0.15, 0.2) is 0 Å². The fraction of sp³-hybridized carbons (Fsp3) is 0.476. The molecular formula is C21H29F3N2O2. The number of aliphatic imine (C=N–C) groups is 1. The third-order valence-electron chi connectivity index (χ3n) is 4.59. The average Bonchev–Trinajstić information content (AvgIpc) is 2.91. The smallest absolute Gasteiger partial charge is 0.254 e. The van der Waals surface area contributed by atoms with Gasteiger partial charge in [-0.3, -0.25) is 4.99 Å². The van der Waals surface area contributed by atoms with Gasteiger partial charge in [-0.25, -0.2) is 13.2 Å². The van der Waals surface area contributed by atoms with Gasteiger partial charge >= 0.3 is 0 Å². The fourth-order valence-corrected chi connectivity index (χ4v) is 3.00. The van der Waals surface area contributed by atoms with Crippen molar-refractivity contribution in [2.45, 2.75) is 33.1 Å². The van der Waals surface area contributed by atoms with Crippen LogP contribution in [0, 0.1) is 17.2 Å². The van der Waals surface area contributed by atoms with Crippen LogP contribution < -0.4 is 5.73 Å². The largest absolute Gasteiger partial charge is 0.496 e. The van der Waals surface area contributed by atoms with Gasteiger partial charge in [-0.1, -0.05) is 26.0 Å². The van der Waals surface area contributed by atoms with Crippen LogP contribution in [-0.4, -0.2) is 38.0 Å². The zero-order chi connectivity index (χ0) is 21.5. The number of aliphatic hydroxyl groups is 1. The Bertz CT molecular complexity index is 720. The summed E-state index contributed by atoms with van der Waals surface area (Å²) in [6.45, 7) is 8.39. The Kier molecular flexibility index (Phi) is 8.45. The van der Waals surface area contributed by atoms with Crippen LogP contribution in [-0.2, 0) is 11.2 Å². The first-order valence-corrected chi connectivity index (χ1v) is 8.90. The van der Waals surface area contributed by atoms with Crippen molar-refractivity contribution in [2.75, 3.05) is 20.3 Å². The van der Waals surface area contributed by atoms with E-state index in [0.29, 0.717) is 18.8 Å². The number of nitrogens with two attached hydrogens (primary N) is 1. The van der Waals surface area contributed by atoms with Gasteiger partial charge in [0.2, 0.25) is 0 Å². The number of aliphatic hydroxyl groups excluding tert-OH is 1. The average molecular weight is 398 g/mol. The highest BCUT2D eigenvalue weighted by Gasteiger charge is 2.38. The molecule has 156 valence electrons. The maximum absolute atomic E-state index is 13.9. The first-order chi connectivity index (χ1) is 13.1. The first-order valence-electron chi connectivity index (χ1n) is 8.90. The summed E-state index contributed by atoms with van der Waals surface area (Å²) in [5, 5.41) is 7.00.